The highest BCUT2D eigenvalue weighted by molar-refractivity contribution is 6.04. The summed E-state index contributed by atoms with van der Waals surface area (Å²) < 4.78 is 0. The van der Waals surface area contributed by atoms with Gasteiger partial charge < -0.3 is 14.8 Å². The minimum Gasteiger partial charge on any atom is -0.354 e. The quantitative estimate of drug-likeness (QED) is 0.285. The summed E-state index contributed by atoms with van der Waals surface area (Å²) in [5.74, 6) is -0.114. The maximum absolute atomic E-state index is 14.1. The Bertz CT molecular complexity index is 1770. The van der Waals surface area contributed by atoms with Crippen molar-refractivity contribution in [3.63, 3.8) is 0 Å². The van der Waals surface area contributed by atoms with Crippen LogP contribution >= 0.6 is 0 Å². The molecular formula is C35H31N3O2. The number of hydrogen-bond donors (Lipinski definition) is 1. The third kappa shape index (κ3) is 3.84. The Morgan fingerprint density at radius 1 is 0.875 bits per heavy atom. The normalized spacial score (nSPS) is 17.1. The smallest absolute Gasteiger partial charge is 0.255 e. The van der Waals surface area contributed by atoms with Crippen LogP contribution in [0.15, 0.2) is 97.1 Å². The molecule has 0 radical (unpaired) electrons. The van der Waals surface area contributed by atoms with Crippen LogP contribution in [0.2, 0.25) is 0 Å². The minimum atomic E-state index is -0.630. The highest BCUT2D eigenvalue weighted by Crippen LogP contribution is 2.46. The third-order valence-electron chi connectivity index (χ3n) is 8.58. The minimum absolute atomic E-state index is 0.0163. The van der Waals surface area contributed by atoms with E-state index >= 15 is 0 Å². The van der Waals surface area contributed by atoms with Crippen LogP contribution in [-0.2, 0) is 17.8 Å². The summed E-state index contributed by atoms with van der Waals surface area (Å²) in [6.07, 6.45) is 0.826. The number of benzene rings is 4. The van der Waals surface area contributed by atoms with E-state index in [1.165, 1.54) is 16.7 Å². The van der Waals surface area contributed by atoms with E-state index in [4.69, 9.17) is 0 Å². The van der Waals surface area contributed by atoms with Crippen LogP contribution in [0.1, 0.15) is 51.1 Å². The zero-order valence-electron chi connectivity index (χ0n) is 22.7. The van der Waals surface area contributed by atoms with Crippen LogP contribution in [0, 0.1) is 6.92 Å². The average Bonchev–Trinajstić information content (AvgIpc) is 3.51. The lowest BCUT2D eigenvalue weighted by Crippen LogP contribution is -2.49. The van der Waals surface area contributed by atoms with E-state index in [9.17, 15) is 9.59 Å². The number of aromatic amines is 1. The lowest BCUT2D eigenvalue weighted by Gasteiger charge is -2.36. The summed E-state index contributed by atoms with van der Waals surface area (Å²) in [5.41, 5.74) is 9.34. The van der Waals surface area contributed by atoms with E-state index in [1.807, 2.05) is 59.2 Å². The van der Waals surface area contributed by atoms with Crippen LogP contribution in [0.5, 0.6) is 0 Å². The summed E-state index contributed by atoms with van der Waals surface area (Å²) in [6, 6.07) is 31.8. The van der Waals surface area contributed by atoms with Gasteiger partial charge in [0.15, 0.2) is 0 Å². The lowest BCUT2D eigenvalue weighted by atomic mass is 9.92. The van der Waals surface area contributed by atoms with E-state index in [0.717, 1.165) is 39.7 Å². The molecule has 1 N–H and O–H groups in total. The molecule has 0 saturated carbocycles. The van der Waals surface area contributed by atoms with E-state index in [1.54, 1.807) is 0 Å². The summed E-state index contributed by atoms with van der Waals surface area (Å²) >= 11 is 0. The zero-order chi connectivity index (χ0) is 27.4. The maximum atomic E-state index is 14.1. The van der Waals surface area contributed by atoms with Gasteiger partial charge in [0.2, 0.25) is 5.91 Å². The second-order valence-corrected chi connectivity index (χ2v) is 11.0. The molecule has 0 saturated heterocycles. The van der Waals surface area contributed by atoms with Gasteiger partial charge >= 0.3 is 0 Å². The van der Waals surface area contributed by atoms with Gasteiger partial charge in [-0.1, -0.05) is 90.5 Å². The highest BCUT2D eigenvalue weighted by Gasteiger charge is 2.45. The second-order valence-electron chi connectivity index (χ2n) is 11.0. The maximum Gasteiger partial charge on any atom is 0.255 e. The van der Waals surface area contributed by atoms with Gasteiger partial charge in [-0.15, -0.1) is 0 Å². The fourth-order valence-electron chi connectivity index (χ4n) is 6.49. The molecule has 0 aliphatic carbocycles. The van der Waals surface area contributed by atoms with E-state index in [-0.39, 0.29) is 11.8 Å². The fourth-order valence-corrected chi connectivity index (χ4v) is 6.49. The van der Waals surface area contributed by atoms with Crippen molar-refractivity contribution in [2.75, 3.05) is 6.54 Å². The standard InChI is InChI=1S/C35H31N3O2/c1-22-15-17-25(18-16-22)32-31(29-13-7-8-14-30(29)36-32)33-27-11-5-6-12-28(27)35(40)38(33)23(2)34(39)37-20-19-24-9-3-4-10-26(24)21-37/h3-18,23,33,36H,19-21H2,1-2H3. The van der Waals surface area contributed by atoms with Crippen LogP contribution < -0.4 is 0 Å². The number of carbonyl (C=O) groups excluding carboxylic acids is 2. The molecule has 2 unspecified atom stereocenters. The van der Waals surface area contributed by atoms with Gasteiger partial charge in [-0.2, -0.15) is 0 Å². The number of amides is 2. The van der Waals surface area contributed by atoms with Crippen molar-refractivity contribution < 1.29 is 9.59 Å². The molecule has 0 bridgehead atoms. The predicted molar refractivity (Wildman–Crippen MR) is 158 cm³/mol. The highest BCUT2D eigenvalue weighted by atomic mass is 16.2. The summed E-state index contributed by atoms with van der Waals surface area (Å²) in [4.78, 5) is 35.6. The summed E-state index contributed by atoms with van der Waals surface area (Å²) in [6.45, 7) is 5.19. The Morgan fingerprint density at radius 3 is 2.40 bits per heavy atom. The molecule has 7 rings (SSSR count). The molecule has 2 atom stereocenters. The molecule has 4 aromatic carbocycles. The van der Waals surface area contributed by atoms with Crippen LogP contribution in [0.4, 0.5) is 0 Å². The summed E-state index contributed by atoms with van der Waals surface area (Å²) in [5, 5.41) is 1.06. The number of hydrogen-bond acceptors (Lipinski definition) is 2. The first kappa shape index (κ1) is 24.4. The Labute approximate surface area is 234 Å². The molecule has 2 amide bonds. The van der Waals surface area contributed by atoms with Crippen molar-refractivity contribution in [1.29, 1.82) is 0 Å². The molecule has 3 heterocycles. The second kappa shape index (κ2) is 9.53. The molecular weight excluding hydrogens is 494 g/mol. The predicted octanol–water partition coefficient (Wildman–Crippen LogP) is 6.66. The monoisotopic (exact) mass is 525 g/mol. The number of nitrogens with zero attached hydrogens (tertiary/aromatic N) is 2. The molecule has 0 spiro atoms. The van der Waals surface area contributed by atoms with Gasteiger partial charge in [0, 0.05) is 35.1 Å². The van der Waals surface area contributed by atoms with Crippen LogP contribution in [0.3, 0.4) is 0 Å². The Kier molecular flexibility index (Phi) is 5.81. The lowest BCUT2D eigenvalue weighted by molar-refractivity contribution is -0.136. The van der Waals surface area contributed by atoms with E-state index < -0.39 is 12.1 Å². The number of aryl methyl sites for hydroxylation is 1. The Hall–Kier alpha value is -4.64. The molecule has 2 aliphatic rings. The molecule has 5 aromatic rings. The van der Waals surface area contributed by atoms with Crippen molar-refractivity contribution in [2.45, 2.75) is 38.9 Å². The number of fused-ring (bicyclic) bond motifs is 3. The molecule has 2 aliphatic heterocycles. The fraction of sp³-hybridized carbons (Fsp3) is 0.200. The van der Waals surface area contributed by atoms with E-state index in [0.29, 0.717) is 18.7 Å². The molecule has 198 valence electrons. The van der Waals surface area contributed by atoms with Gasteiger partial charge in [0.1, 0.15) is 6.04 Å². The first-order valence-corrected chi connectivity index (χ1v) is 14.0. The number of aromatic nitrogens is 1. The molecule has 5 nitrogen and oxygen atoms in total. The van der Waals surface area contributed by atoms with Crippen LogP contribution in [-0.4, -0.2) is 39.2 Å². The number of para-hydroxylation sites is 1. The van der Waals surface area contributed by atoms with Crippen molar-refractivity contribution >= 4 is 22.7 Å². The van der Waals surface area contributed by atoms with Crippen molar-refractivity contribution in [3.05, 3.63) is 130 Å². The largest absolute Gasteiger partial charge is 0.354 e. The van der Waals surface area contributed by atoms with Gasteiger partial charge in [0.05, 0.1) is 11.7 Å². The van der Waals surface area contributed by atoms with Gasteiger partial charge in [-0.3, -0.25) is 9.59 Å². The molecule has 1 aromatic heterocycles. The first-order chi connectivity index (χ1) is 19.5. The van der Waals surface area contributed by atoms with Crippen LogP contribution in [0.25, 0.3) is 22.2 Å². The first-order valence-electron chi connectivity index (χ1n) is 14.0. The average molecular weight is 526 g/mol. The molecule has 40 heavy (non-hydrogen) atoms. The van der Waals surface area contributed by atoms with Crippen molar-refractivity contribution in [3.8, 4) is 11.3 Å². The summed E-state index contributed by atoms with van der Waals surface area (Å²) in [7, 11) is 0. The SMILES string of the molecule is Cc1ccc(-c2[nH]c3ccccc3c2C2c3ccccc3C(=O)N2C(C)C(=O)N2CCc3ccccc3C2)cc1. The topological polar surface area (TPSA) is 56.4 Å². The van der Waals surface area contributed by atoms with Gasteiger partial charge in [0.25, 0.3) is 5.91 Å². The number of H-pyrrole nitrogens is 1. The Balaban J connectivity index is 1.36. The third-order valence-corrected chi connectivity index (χ3v) is 8.58. The van der Waals surface area contributed by atoms with E-state index in [2.05, 4.69) is 66.5 Å². The number of carbonyl (C=O) groups is 2. The molecule has 5 heteroatoms. The number of rotatable bonds is 4. The van der Waals surface area contributed by atoms with Crippen molar-refractivity contribution in [1.82, 2.24) is 14.8 Å². The van der Waals surface area contributed by atoms with Gasteiger partial charge in [-0.05, 0) is 54.7 Å². The molecule has 0 fully saturated rings. The Morgan fingerprint density at radius 2 is 1.57 bits per heavy atom. The van der Waals surface area contributed by atoms with Crippen molar-refractivity contribution in [2.24, 2.45) is 0 Å². The van der Waals surface area contributed by atoms with Gasteiger partial charge in [-0.25, -0.2) is 0 Å². The zero-order valence-corrected chi connectivity index (χ0v) is 22.7. The number of nitrogens with one attached hydrogen (secondary N) is 1.